The van der Waals surface area contributed by atoms with Crippen molar-refractivity contribution < 1.29 is 14.3 Å². The fraction of sp³-hybridized carbons (Fsp3) is 0.429. The summed E-state index contributed by atoms with van der Waals surface area (Å²) in [7, 11) is 0. The summed E-state index contributed by atoms with van der Waals surface area (Å²) in [5.74, 6) is -0.785. The van der Waals surface area contributed by atoms with Crippen LogP contribution in [-0.4, -0.2) is 30.6 Å². The molecule has 5 nitrogen and oxygen atoms in total. The molecule has 1 aliphatic heterocycles. The molecule has 1 heterocycles. The van der Waals surface area contributed by atoms with Crippen LogP contribution in [0.4, 0.5) is 0 Å². The van der Waals surface area contributed by atoms with Crippen molar-refractivity contribution in [2.45, 2.75) is 31.4 Å². The van der Waals surface area contributed by atoms with E-state index < -0.39 is 18.1 Å². The van der Waals surface area contributed by atoms with Crippen LogP contribution in [0.15, 0.2) is 24.3 Å². The molecule has 20 heavy (non-hydrogen) atoms. The van der Waals surface area contributed by atoms with Gasteiger partial charge in [0.15, 0.2) is 0 Å². The summed E-state index contributed by atoms with van der Waals surface area (Å²) in [5, 5.41) is 2.69. The van der Waals surface area contributed by atoms with Crippen molar-refractivity contribution in [1.29, 1.82) is 0 Å². The zero-order valence-electron chi connectivity index (χ0n) is 11.0. The minimum absolute atomic E-state index is 0.253. The number of benzene rings is 1. The fourth-order valence-corrected chi connectivity index (χ4v) is 2.78. The highest BCUT2D eigenvalue weighted by Crippen LogP contribution is 2.13. The van der Waals surface area contributed by atoms with E-state index in [1.165, 1.54) is 0 Å². The van der Waals surface area contributed by atoms with Crippen LogP contribution in [0, 0.1) is 3.57 Å². The monoisotopic (exact) mass is 388 g/mol. The third kappa shape index (κ3) is 4.17. The second-order valence-electron chi connectivity index (χ2n) is 4.80. The number of hydrogen-bond donors (Lipinski definition) is 2. The zero-order chi connectivity index (χ0) is 14.5. The second kappa shape index (κ2) is 7.03. The molecular weight excluding hydrogens is 371 g/mol. The Morgan fingerprint density at radius 2 is 2.30 bits per heavy atom. The van der Waals surface area contributed by atoms with Gasteiger partial charge in [0.2, 0.25) is 11.8 Å². The third-order valence-corrected chi connectivity index (χ3v) is 3.88. The molecule has 1 aromatic rings. The van der Waals surface area contributed by atoms with Gasteiger partial charge in [0.05, 0.1) is 0 Å². The van der Waals surface area contributed by atoms with Crippen molar-refractivity contribution in [3.05, 3.63) is 33.4 Å². The van der Waals surface area contributed by atoms with Gasteiger partial charge in [-0.25, -0.2) is 0 Å². The summed E-state index contributed by atoms with van der Waals surface area (Å²) in [6, 6.07) is 7.06. The average molecular weight is 388 g/mol. The van der Waals surface area contributed by atoms with Crippen LogP contribution in [0.3, 0.4) is 0 Å². The summed E-state index contributed by atoms with van der Waals surface area (Å²) < 4.78 is 6.38. The Balaban J connectivity index is 2.00. The summed E-state index contributed by atoms with van der Waals surface area (Å²) in [6.45, 7) is 0.593. The molecule has 0 spiro atoms. The Labute approximate surface area is 131 Å². The molecule has 2 rings (SSSR count). The zero-order valence-corrected chi connectivity index (χ0v) is 13.1. The molecule has 108 valence electrons. The second-order valence-corrected chi connectivity index (χ2v) is 6.04. The first kappa shape index (κ1) is 15.2. The minimum Gasteiger partial charge on any atom is -0.368 e. The van der Waals surface area contributed by atoms with Crippen molar-refractivity contribution in [1.82, 2.24) is 5.32 Å². The number of nitrogens with two attached hydrogens (primary N) is 1. The van der Waals surface area contributed by atoms with Crippen LogP contribution < -0.4 is 11.1 Å². The molecule has 0 aromatic heterocycles. The smallest absolute Gasteiger partial charge is 0.249 e. The number of primary amides is 1. The van der Waals surface area contributed by atoms with Gasteiger partial charge in [-0.1, -0.05) is 12.1 Å². The van der Waals surface area contributed by atoms with Crippen molar-refractivity contribution in [2.24, 2.45) is 5.73 Å². The van der Waals surface area contributed by atoms with Crippen LogP contribution in [0.2, 0.25) is 0 Å². The quantitative estimate of drug-likeness (QED) is 0.739. The number of halogens is 1. The van der Waals surface area contributed by atoms with Crippen LogP contribution >= 0.6 is 22.6 Å². The lowest BCUT2D eigenvalue weighted by atomic mass is 10.1. The van der Waals surface area contributed by atoms with Crippen LogP contribution in [0.25, 0.3) is 0 Å². The summed E-state index contributed by atoms with van der Waals surface area (Å²) in [5.41, 5.74) is 6.34. The Morgan fingerprint density at radius 1 is 1.50 bits per heavy atom. The highest BCUT2D eigenvalue weighted by atomic mass is 127. The van der Waals surface area contributed by atoms with E-state index in [0.29, 0.717) is 19.4 Å². The molecule has 2 atom stereocenters. The average Bonchev–Trinajstić information content (AvgIpc) is 2.91. The van der Waals surface area contributed by atoms with E-state index in [2.05, 4.69) is 27.9 Å². The highest BCUT2D eigenvalue weighted by molar-refractivity contribution is 14.1. The normalized spacial score (nSPS) is 19.6. The van der Waals surface area contributed by atoms with Gasteiger partial charge in [-0.3, -0.25) is 9.59 Å². The van der Waals surface area contributed by atoms with Crippen LogP contribution in [0.5, 0.6) is 0 Å². The molecule has 1 aliphatic rings. The van der Waals surface area contributed by atoms with E-state index in [-0.39, 0.29) is 5.91 Å². The summed E-state index contributed by atoms with van der Waals surface area (Å²) in [4.78, 5) is 23.5. The molecule has 1 fully saturated rings. The maximum absolute atomic E-state index is 12.0. The maximum atomic E-state index is 12.0. The lowest BCUT2D eigenvalue weighted by Gasteiger charge is -2.18. The van der Waals surface area contributed by atoms with E-state index in [9.17, 15) is 9.59 Å². The largest absolute Gasteiger partial charge is 0.368 e. The van der Waals surface area contributed by atoms with E-state index in [1.54, 1.807) is 0 Å². The molecular formula is C14H17IN2O3. The molecule has 6 heteroatoms. The van der Waals surface area contributed by atoms with Crippen LogP contribution in [0.1, 0.15) is 18.4 Å². The Bertz CT molecular complexity index is 501. The van der Waals surface area contributed by atoms with E-state index in [0.717, 1.165) is 15.6 Å². The maximum Gasteiger partial charge on any atom is 0.249 e. The number of ether oxygens (including phenoxy) is 1. The summed E-state index contributed by atoms with van der Waals surface area (Å²) in [6.07, 6.45) is 1.51. The first-order chi connectivity index (χ1) is 9.56. The molecule has 0 aliphatic carbocycles. The van der Waals surface area contributed by atoms with Gasteiger partial charge in [-0.15, -0.1) is 0 Å². The van der Waals surface area contributed by atoms with Gasteiger partial charge in [0.25, 0.3) is 0 Å². The SMILES string of the molecule is NC(=O)[C@H](Cc1cccc(I)c1)NC(=O)[C@@H]1CCCO1. The van der Waals surface area contributed by atoms with E-state index >= 15 is 0 Å². The first-order valence-electron chi connectivity index (χ1n) is 6.52. The lowest BCUT2D eigenvalue weighted by Crippen LogP contribution is -2.49. The van der Waals surface area contributed by atoms with Crippen molar-refractivity contribution in [3.8, 4) is 0 Å². The van der Waals surface area contributed by atoms with Crippen molar-refractivity contribution in [2.75, 3.05) is 6.61 Å². The van der Waals surface area contributed by atoms with Gasteiger partial charge in [-0.2, -0.15) is 0 Å². The molecule has 0 radical (unpaired) electrons. The standard InChI is InChI=1S/C14H17IN2O3/c15-10-4-1-3-9(7-10)8-11(13(16)18)17-14(19)12-5-2-6-20-12/h1,3-4,7,11-12H,2,5-6,8H2,(H2,16,18)(H,17,19)/t11-,12-/m0/s1. The van der Waals surface area contributed by atoms with Gasteiger partial charge in [0, 0.05) is 16.6 Å². The predicted octanol–water partition coefficient (Wildman–Crippen LogP) is 0.983. The van der Waals surface area contributed by atoms with Gasteiger partial charge in [-0.05, 0) is 53.1 Å². The first-order valence-corrected chi connectivity index (χ1v) is 7.60. The number of nitrogens with one attached hydrogen (secondary N) is 1. The van der Waals surface area contributed by atoms with Crippen LogP contribution in [-0.2, 0) is 20.7 Å². The highest BCUT2D eigenvalue weighted by Gasteiger charge is 2.27. The Hall–Kier alpha value is -1.15. The molecule has 0 saturated carbocycles. The topological polar surface area (TPSA) is 81.4 Å². The molecule has 1 saturated heterocycles. The van der Waals surface area contributed by atoms with E-state index in [4.69, 9.17) is 10.5 Å². The van der Waals surface area contributed by atoms with Gasteiger partial charge >= 0.3 is 0 Å². The molecule has 3 N–H and O–H groups in total. The third-order valence-electron chi connectivity index (χ3n) is 3.21. The number of amides is 2. The number of rotatable bonds is 5. The van der Waals surface area contributed by atoms with Gasteiger partial charge < -0.3 is 15.8 Å². The molecule has 1 aromatic carbocycles. The molecule has 2 amide bonds. The summed E-state index contributed by atoms with van der Waals surface area (Å²) >= 11 is 2.20. The predicted molar refractivity (Wildman–Crippen MR) is 83.0 cm³/mol. The van der Waals surface area contributed by atoms with Crippen molar-refractivity contribution in [3.63, 3.8) is 0 Å². The Kier molecular flexibility index (Phi) is 5.36. The minimum atomic E-state index is -0.704. The lowest BCUT2D eigenvalue weighted by molar-refractivity contribution is -0.133. The molecule has 0 unspecified atom stereocenters. The molecule has 0 bridgehead atoms. The van der Waals surface area contributed by atoms with Gasteiger partial charge in [0.1, 0.15) is 12.1 Å². The fourth-order valence-electron chi connectivity index (χ4n) is 2.17. The number of carbonyl (C=O) groups is 2. The van der Waals surface area contributed by atoms with Crippen molar-refractivity contribution >= 4 is 34.4 Å². The van der Waals surface area contributed by atoms with E-state index in [1.807, 2.05) is 24.3 Å². The number of carbonyl (C=O) groups excluding carboxylic acids is 2. The Morgan fingerprint density at radius 3 is 2.90 bits per heavy atom. The number of hydrogen-bond acceptors (Lipinski definition) is 3.